The van der Waals surface area contributed by atoms with Crippen molar-refractivity contribution in [3.63, 3.8) is 0 Å². The van der Waals surface area contributed by atoms with Crippen molar-refractivity contribution in [3.05, 3.63) is 22.0 Å². The second kappa shape index (κ2) is 2.31. The van der Waals surface area contributed by atoms with Crippen LogP contribution in [-0.2, 0) is 0 Å². The van der Waals surface area contributed by atoms with Crippen molar-refractivity contribution < 1.29 is 0 Å². The Labute approximate surface area is 68.5 Å². The Morgan fingerprint density at radius 2 is 2.30 bits per heavy atom. The van der Waals surface area contributed by atoms with Gasteiger partial charge in [0.1, 0.15) is 0 Å². The summed E-state index contributed by atoms with van der Waals surface area (Å²) in [5.41, 5.74) is 2.81. The van der Waals surface area contributed by atoms with Crippen molar-refractivity contribution in [1.82, 2.24) is 10.6 Å². The van der Waals surface area contributed by atoms with Crippen LogP contribution in [0.2, 0.25) is 0 Å². The zero-order chi connectivity index (χ0) is 6.97. The Bertz CT molecular complexity index is 218. The summed E-state index contributed by atoms with van der Waals surface area (Å²) in [4.78, 5) is 0. The van der Waals surface area contributed by atoms with Gasteiger partial charge < -0.3 is 10.6 Å². The van der Waals surface area contributed by atoms with Crippen LogP contribution in [0.4, 0.5) is 0 Å². The second-order valence-corrected chi connectivity index (χ2v) is 3.39. The smallest absolute Gasteiger partial charge is 0.0803 e. The fourth-order valence-corrected chi connectivity index (χ4v) is 1.68. The number of nitrogens with one attached hydrogen (secondary N) is 2. The summed E-state index contributed by atoms with van der Waals surface area (Å²) in [5, 5.41) is 6.56. The van der Waals surface area contributed by atoms with E-state index in [1.807, 2.05) is 0 Å². The molecule has 2 heterocycles. The van der Waals surface area contributed by atoms with E-state index in [1.54, 1.807) is 0 Å². The molecule has 0 radical (unpaired) electrons. The van der Waals surface area contributed by atoms with Crippen molar-refractivity contribution in [1.29, 1.82) is 0 Å². The van der Waals surface area contributed by atoms with Crippen LogP contribution in [0, 0.1) is 0 Å². The third kappa shape index (κ3) is 0.944. The first-order chi connectivity index (χ1) is 4.86. The van der Waals surface area contributed by atoms with Gasteiger partial charge in [-0.3, -0.25) is 0 Å². The first-order valence-electron chi connectivity index (χ1n) is 3.43. The molecule has 0 aliphatic carbocycles. The molecule has 0 aromatic rings. The second-order valence-electron chi connectivity index (χ2n) is 2.54. The van der Waals surface area contributed by atoms with E-state index in [9.17, 15) is 0 Å². The number of rotatable bonds is 0. The van der Waals surface area contributed by atoms with Crippen LogP contribution in [0.1, 0.15) is 6.42 Å². The highest BCUT2D eigenvalue weighted by molar-refractivity contribution is 9.11. The molecule has 0 unspecified atom stereocenters. The van der Waals surface area contributed by atoms with Gasteiger partial charge in [0.05, 0.1) is 4.61 Å². The van der Waals surface area contributed by atoms with Gasteiger partial charge in [-0.05, 0) is 34.0 Å². The van der Waals surface area contributed by atoms with Gasteiger partial charge in [-0.15, -0.1) is 0 Å². The highest BCUT2D eigenvalue weighted by Crippen LogP contribution is 2.20. The molecule has 0 fully saturated rings. The van der Waals surface area contributed by atoms with Crippen LogP contribution in [0.5, 0.6) is 0 Å². The summed E-state index contributed by atoms with van der Waals surface area (Å²) >= 11 is 3.40. The molecule has 2 N–H and O–H groups in total. The normalized spacial score (nSPS) is 23.1. The Hall–Kier alpha value is -0.440. The fourth-order valence-electron chi connectivity index (χ4n) is 1.31. The minimum Gasteiger partial charge on any atom is -0.385 e. The molecule has 0 amide bonds. The van der Waals surface area contributed by atoms with Crippen molar-refractivity contribution >= 4 is 15.9 Å². The average Bonchev–Trinajstić information content (AvgIpc) is 2.33. The van der Waals surface area contributed by atoms with Gasteiger partial charge in [0.2, 0.25) is 0 Å². The standard InChI is InChI=1S/C7H9BrN2/c8-7-3-6-5(4-10-7)1-2-9-6/h3,9-10H,1-2,4H2. The van der Waals surface area contributed by atoms with Crippen LogP contribution in [-0.4, -0.2) is 13.1 Å². The number of halogens is 1. The quantitative estimate of drug-likeness (QED) is 0.573. The maximum atomic E-state index is 3.40. The Kier molecular flexibility index (Phi) is 1.45. The molecule has 3 heteroatoms. The van der Waals surface area contributed by atoms with E-state index < -0.39 is 0 Å². The molecular weight excluding hydrogens is 192 g/mol. The first-order valence-corrected chi connectivity index (χ1v) is 4.22. The fraction of sp³-hybridized carbons (Fsp3) is 0.429. The zero-order valence-corrected chi connectivity index (χ0v) is 7.16. The molecule has 0 bridgehead atoms. The lowest BCUT2D eigenvalue weighted by atomic mass is 10.1. The van der Waals surface area contributed by atoms with Gasteiger partial charge in [-0.2, -0.15) is 0 Å². The summed E-state index contributed by atoms with van der Waals surface area (Å²) in [7, 11) is 0. The molecule has 2 nitrogen and oxygen atoms in total. The monoisotopic (exact) mass is 200 g/mol. The predicted octanol–water partition coefficient (Wildman–Crippen LogP) is 1.07. The lowest BCUT2D eigenvalue weighted by molar-refractivity contribution is 0.864. The minimum absolute atomic E-state index is 0.999. The topological polar surface area (TPSA) is 24.1 Å². The van der Waals surface area contributed by atoms with E-state index in [-0.39, 0.29) is 0 Å². The van der Waals surface area contributed by atoms with Crippen molar-refractivity contribution in [3.8, 4) is 0 Å². The van der Waals surface area contributed by atoms with E-state index in [4.69, 9.17) is 0 Å². The van der Waals surface area contributed by atoms with E-state index in [0.717, 1.165) is 17.7 Å². The molecule has 54 valence electrons. The molecule has 10 heavy (non-hydrogen) atoms. The molecule has 2 aliphatic heterocycles. The third-order valence-electron chi connectivity index (χ3n) is 1.86. The van der Waals surface area contributed by atoms with Gasteiger partial charge in [-0.25, -0.2) is 0 Å². The van der Waals surface area contributed by atoms with Crippen molar-refractivity contribution in [2.45, 2.75) is 6.42 Å². The average molecular weight is 201 g/mol. The molecule has 2 aliphatic rings. The van der Waals surface area contributed by atoms with Crippen LogP contribution in [0.15, 0.2) is 22.0 Å². The maximum Gasteiger partial charge on any atom is 0.0803 e. The van der Waals surface area contributed by atoms with Gasteiger partial charge >= 0.3 is 0 Å². The Morgan fingerprint density at radius 3 is 3.20 bits per heavy atom. The molecule has 0 atom stereocenters. The van der Waals surface area contributed by atoms with Gasteiger partial charge in [-0.1, -0.05) is 0 Å². The SMILES string of the molecule is BrC1=CC2=C(CCN2)CN1. The number of hydrogen-bond donors (Lipinski definition) is 2. The predicted molar refractivity (Wildman–Crippen MR) is 44.7 cm³/mol. The van der Waals surface area contributed by atoms with Gasteiger partial charge in [0, 0.05) is 18.8 Å². The first kappa shape index (κ1) is 6.28. The molecule has 2 rings (SSSR count). The summed E-state index contributed by atoms with van der Waals surface area (Å²) in [6.07, 6.45) is 3.30. The van der Waals surface area contributed by atoms with Crippen LogP contribution in [0.25, 0.3) is 0 Å². The number of dihydropyridines is 1. The zero-order valence-electron chi connectivity index (χ0n) is 5.58. The Balaban J connectivity index is 2.29. The van der Waals surface area contributed by atoms with Gasteiger partial charge in [0.25, 0.3) is 0 Å². The maximum absolute atomic E-state index is 3.40. The molecule has 0 aromatic heterocycles. The summed E-state index contributed by atoms with van der Waals surface area (Å²) < 4.78 is 1.08. The lowest BCUT2D eigenvalue weighted by Crippen LogP contribution is -2.18. The van der Waals surface area contributed by atoms with Crippen molar-refractivity contribution in [2.24, 2.45) is 0 Å². The largest absolute Gasteiger partial charge is 0.385 e. The molecule has 0 spiro atoms. The molecule has 0 saturated carbocycles. The van der Waals surface area contributed by atoms with E-state index in [1.165, 1.54) is 17.7 Å². The number of hydrogen-bond acceptors (Lipinski definition) is 2. The summed E-state index contributed by atoms with van der Waals surface area (Å²) in [5.74, 6) is 0. The number of allylic oxidation sites excluding steroid dienone is 1. The van der Waals surface area contributed by atoms with Crippen LogP contribution < -0.4 is 10.6 Å². The third-order valence-corrected chi connectivity index (χ3v) is 2.37. The summed E-state index contributed by atoms with van der Waals surface area (Å²) in [6, 6.07) is 0. The Morgan fingerprint density at radius 1 is 1.40 bits per heavy atom. The van der Waals surface area contributed by atoms with E-state index in [0.29, 0.717) is 0 Å². The van der Waals surface area contributed by atoms with E-state index >= 15 is 0 Å². The summed E-state index contributed by atoms with van der Waals surface area (Å²) in [6.45, 7) is 2.10. The minimum atomic E-state index is 0.999. The van der Waals surface area contributed by atoms with E-state index in [2.05, 4.69) is 32.6 Å². The highest BCUT2D eigenvalue weighted by Gasteiger charge is 2.15. The molecule has 0 saturated heterocycles. The molecular formula is C7H9BrN2. The van der Waals surface area contributed by atoms with Crippen LogP contribution >= 0.6 is 15.9 Å². The van der Waals surface area contributed by atoms with Crippen LogP contribution in [0.3, 0.4) is 0 Å². The molecule has 0 aromatic carbocycles. The lowest BCUT2D eigenvalue weighted by Gasteiger charge is -2.12. The van der Waals surface area contributed by atoms with Gasteiger partial charge in [0.15, 0.2) is 0 Å². The highest BCUT2D eigenvalue weighted by atomic mass is 79.9. The van der Waals surface area contributed by atoms with Crippen molar-refractivity contribution in [2.75, 3.05) is 13.1 Å².